The zero-order valence-electron chi connectivity index (χ0n) is 15.4. The molecule has 7 nitrogen and oxygen atoms in total. The van der Waals surface area contributed by atoms with Gasteiger partial charge in [-0.25, -0.2) is 4.39 Å². The third-order valence-electron chi connectivity index (χ3n) is 5.28. The van der Waals surface area contributed by atoms with E-state index < -0.39 is 5.82 Å². The monoisotopic (exact) mass is 373 g/mol. The molecule has 0 atom stereocenters. The molecule has 0 radical (unpaired) electrons. The highest BCUT2D eigenvalue weighted by Crippen LogP contribution is 2.30. The number of benzene rings is 1. The van der Waals surface area contributed by atoms with Crippen LogP contribution >= 0.6 is 0 Å². The van der Waals surface area contributed by atoms with Crippen LogP contribution in [0, 0.1) is 5.82 Å². The van der Waals surface area contributed by atoms with E-state index in [1.807, 2.05) is 0 Å². The maximum Gasteiger partial charge on any atom is 0.257 e. The number of para-hydroxylation sites is 1. The number of carbonyl (C=O) groups excluding carboxylic acids is 1. The van der Waals surface area contributed by atoms with E-state index in [-0.39, 0.29) is 11.7 Å². The molecule has 1 amide bonds. The lowest BCUT2D eigenvalue weighted by atomic mass is 9.95. The van der Waals surface area contributed by atoms with Crippen molar-refractivity contribution in [3.63, 3.8) is 0 Å². The van der Waals surface area contributed by atoms with Crippen LogP contribution in [0.1, 0.15) is 47.7 Å². The highest BCUT2D eigenvalue weighted by Gasteiger charge is 2.30. The Morgan fingerprint density at radius 1 is 1.30 bits per heavy atom. The number of hydrogen-bond acceptors (Lipinski definition) is 5. The number of fused-ring (bicyclic) bond motifs is 1. The molecule has 3 heterocycles. The van der Waals surface area contributed by atoms with E-state index in [2.05, 4.69) is 20.1 Å². The Hall–Kier alpha value is -2.48. The van der Waals surface area contributed by atoms with Crippen LogP contribution in [0.3, 0.4) is 0 Å². The van der Waals surface area contributed by atoms with Crippen LogP contribution in [0.4, 0.5) is 4.39 Å². The SMILES string of the molecule is CCOc1c(F)cccc1C(=O)N1CCC(c2nnc3n2CCNC3)CC1. The maximum absolute atomic E-state index is 14.1. The molecule has 0 unspecified atom stereocenters. The normalized spacial score (nSPS) is 17.6. The quantitative estimate of drug-likeness (QED) is 0.887. The van der Waals surface area contributed by atoms with Crippen molar-refractivity contribution in [3.05, 3.63) is 41.2 Å². The summed E-state index contributed by atoms with van der Waals surface area (Å²) >= 11 is 0. The second-order valence-electron chi connectivity index (χ2n) is 6.92. The minimum absolute atomic E-state index is 0.0474. The van der Waals surface area contributed by atoms with Crippen LogP contribution in [0.2, 0.25) is 0 Å². The van der Waals surface area contributed by atoms with E-state index in [1.54, 1.807) is 24.0 Å². The van der Waals surface area contributed by atoms with Gasteiger partial charge in [0.05, 0.1) is 18.7 Å². The number of aromatic nitrogens is 3. The molecule has 1 aromatic carbocycles. The highest BCUT2D eigenvalue weighted by atomic mass is 19.1. The summed E-state index contributed by atoms with van der Waals surface area (Å²) in [5.74, 6) is 1.68. The van der Waals surface area contributed by atoms with Crippen molar-refractivity contribution >= 4 is 5.91 Å². The molecule has 2 aliphatic rings. The third-order valence-corrected chi connectivity index (χ3v) is 5.28. The van der Waals surface area contributed by atoms with Crippen molar-refractivity contribution in [2.24, 2.45) is 0 Å². The molecule has 4 rings (SSSR count). The van der Waals surface area contributed by atoms with Crippen molar-refractivity contribution in [1.29, 1.82) is 0 Å². The first-order chi connectivity index (χ1) is 13.2. The number of likely N-dealkylation sites (tertiary alicyclic amines) is 1. The van der Waals surface area contributed by atoms with Crippen LogP contribution < -0.4 is 10.1 Å². The van der Waals surface area contributed by atoms with E-state index in [0.29, 0.717) is 31.2 Å². The molecule has 27 heavy (non-hydrogen) atoms. The van der Waals surface area contributed by atoms with Gasteiger partial charge in [-0.1, -0.05) is 6.07 Å². The van der Waals surface area contributed by atoms with E-state index in [1.165, 1.54) is 6.07 Å². The fraction of sp³-hybridized carbons (Fsp3) is 0.526. The number of amides is 1. The van der Waals surface area contributed by atoms with E-state index in [4.69, 9.17) is 4.74 Å². The standard InChI is InChI=1S/C19H24FN5O2/c1-2-27-17-14(4-3-5-15(17)20)19(26)24-9-6-13(7-10-24)18-23-22-16-12-21-8-11-25(16)18/h3-5,13,21H,2,6-12H2,1H3. The molecule has 1 fully saturated rings. The first-order valence-corrected chi connectivity index (χ1v) is 9.52. The third kappa shape index (κ3) is 3.41. The van der Waals surface area contributed by atoms with Gasteiger partial charge in [0.15, 0.2) is 11.6 Å². The molecule has 1 saturated heterocycles. The van der Waals surface area contributed by atoms with Gasteiger partial charge in [0.1, 0.15) is 11.6 Å². The molecule has 0 bridgehead atoms. The first-order valence-electron chi connectivity index (χ1n) is 9.52. The molecule has 0 spiro atoms. The summed E-state index contributed by atoms with van der Waals surface area (Å²) in [5.41, 5.74) is 0.293. The van der Waals surface area contributed by atoms with E-state index >= 15 is 0 Å². The summed E-state index contributed by atoms with van der Waals surface area (Å²) in [4.78, 5) is 14.7. The Labute approximate surface area is 157 Å². The van der Waals surface area contributed by atoms with Gasteiger partial charge in [-0.3, -0.25) is 4.79 Å². The van der Waals surface area contributed by atoms with Crippen LogP contribution in [0.25, 0.3) is 0 Å². The molecule has 1 N–H and O–H groups in total. The van der Waals surface area contributed by atoms with Gasteiger partial charge in [0, 0.05) is 32.1 Å². The van der Waals surface area contributed by atoms with Crippen molar-refractivity contribution in [2.75, 3.05) is 26.2 Å². The van der Waals surface area contributed by atoms with Crippen molar-refractivity contribution < 1.29 is 13.9 Å². The number of nitrogens with one attached hydrogen (secondary N) is 1. The molecule has 8 heteroatoms. The predicted molar refractivity (Wildman–Crippen MR) is 97.2 cm³/mol. The number of piperidine rings is 1. The van der Waals surface area contributed by atoms with Crippen LogP contribution in [-0.2, 0) is 13.1 Å². The zero-order chi connectivity index (χ0) is 18.8. The molecule has 2 aromatic rings. The molecule has 0 saturated carbocycles. The summed E-state index contributed by atoms with van der Waals surface area (Å²) in [6, 6.07) is 4.50. The molecule has 144 valence electrons. The van der Waals surface area contributed by atoms with Crippen LogP contribution in [0.15, 0.2) is 18.2 Å². The Morgan fingerprint density at radius 3 is 2.89 bits per heavy atom. The van der Waals surface area contributed by atoms with Crippen molar-refractivity contribution in [3.8, 4) is 5.75 Å². The Morgan fingerprint density at radius 2 is 2.11 bits per heavy atom. The van der Waals surface area contributed by atoms with Crippen LogP contribution in [-0.4, -0.2) is 51.8 Å². The van der Waals surface area contributed by atoms with Gasteiger partial charge in [0.2, 0.25) is 0 Å². The first kappa shape index (κ1) is 17.9. The van der Waals surface area contributed by atoms with Crippen molar-refractivity contribution in [2.45, 2.75) is 38.8 Å². The maximum atomic E-state index is 14.1. The Bertz CT molecular complexity index is 830. The van der Waals surface area contributed by atoms with E-state index in [0.717, 1.165) is 44.1 Å². The second kappa shape index (κ2) is 7.64. The van der Waals surface area contributed by atoms with Gasteiger partial charge in [-0.2, -0.15) is 0 Å². The van der Waals surface area contributed by atoms with Gasteiger partial charge >= 0.3 is 0 Å². The van der Waals surface area contributed by atoms with Gasteiger partial charge in [-0.05, 0) is 31.9 Å². The number of ether oxygens (including phenoxy) is 1. The fourth-order valence-electron chi connectivity index (χ4n) is 3.90. The zero-order valence-corrected chi connectivity index (χ0v) is 15.4. The van der Waals surface area contributed by atoms with Crippen LogP contribution in [0.5, 0.6) is 5.75 Å². The lowest BCUT2D eigenvalue weighted by Crippen LogP contribution is -2.39. The number of carbonyl (C=O) groups is 1. The lowest BCUT2D eigenvalue weighted by molar-refractivity contribution is 0.0705. The smallest absolute Gasteiger partial charge is 0.257 e. The summed E-state index contributed by atoms with van der Waals surface area (Å²) in [5, 5.41) is 12.0. The average molecular weight is 373 g/mol. The molecular formula is C19H24FN5O2. The average Bonchev–Trinajstić information content (AvgIpc) is 3.13. The summed E-state index contributed by atoms with van der Waals surface area (Å²) in [7, 11) is 0. The van der Waals surface area contributed by atoms with Crippen molar-refractivity contribution in [1.82, 2.24) is 25.0 Å². The number of rotatable bonds is 4. The summed E-state index contributed by atoms with van der Waals surface area (Å²) in [6.07, 6.45) is 1.66. The lowest BCUT2D eigenvalue weighted by Gasteiger charge is -2.32. The Kier molecular flexibility index (Phi) is 5.07. The number of halogens is 1. The molecular weight excluding hydrogens is 349 g/mol. The predicted octanol–water partition coefficient (Wildman–Crippen LogP) is 1.94. The van der Waals surface area contributed by atoms with Gasteiger partial charge in [-0.15, -0.1) is 10.2 Å². The highest BCUT2D eigenvalue weighted by molar-refractivity contribution is 5.97. The minimum atomic E-state index is -0.499. The number of hydrogen-bond donors (Lipinski definition) is 1. The fourth-order valence-corrected chi connectivity index (χ4v) is 3.90. The topological polar surface area (TPSA) is 72.3 Å². The summed E-state index contributed by atoms with van der Waals surface area (Å²) in [6.45, 7) is 5.90. The molecule has 1 aromatic heterocycles. The second-order valence-corrected chi connectivity index (χ2v) is 6.92. The largest absolute Gasteiger partial charge is 0.490 e. The van der Waals surface area contributed by atoms with Gasteiger partial charge in [0.25, 0.3) is 5.91 Å². The molecule has 0 aliphatic carbocycles. The van der Waals surface area contributed by atoms with E-state index in [9.17, 15) is 9.18 Å². The minimum Gasteiger partial charge on any atom is -0.490 e. The molecule has 2 aliphatic heterocycles. The number of nitrogens with zero attached hydrogens (tertiary/aromatic N) is 4. The Balaban J connectivity index is 1.46. The van der Waals surface area contributed by atoms with Gasteiger partial charge < -0.3 is 19.5 Å². The summed E-state index contributed by atoms with van der Waals surface area (Å²) < 4.78 is 21.6.